The Balaban J connectivity index is 2.20. The molecule has 23 heavy (non-hydrogen) atoms. The van der Waals surface area contributed by atoms with Crippen molar-refractivity contribution in [3.63, 3.8) is 0 Å². The van der Waals surface area contributed by atoms with E-state index in [1.54, 1.807) is 12.1 Å². The summed E-state index contributed by atoms with van der Waals surface area (Å²) in [6, 6.07) is 5.60. The van der Waals surface area contributed by atoms with Gasteiger partial charge in [0, 0.05) is 17.3 Å². The molecule has 120 valence electrons. The molecule has 2 N–H and O–H groups in total. The third-order valence-electron chi connectivity index (χ3n) is 2.95. The van der Waals surface area contributed by atoms with Crippen LogP contribution in [0.25, 0.3) is 5.76 Å². The molecule has 1 aliphatic rings. The number of thiophene rings is 1. The molecule has 7 nitrogen and oxygen atoms in total. The monoisotopic (exact) mass is 374 g/mol. The van der Waals surface area contributed by atoms with Crippen molar-refractivity contribution in [1.29, 1.82) is 0 Å². The lowest BCUT2D eigenvalue weighted by Gasteiger charge is -2.26. The van der Waals surface area contributed by atoms with Gasteiger partial charge in [-0.15, -0.1) is 11.3 Å². The van der Waals surface area contributed by atoms with Crippen molar-refractivity contribution < 1.29 is 22.4 Å². The summed E-state index contributed by atoms with van der Waals surface area (Å²) in [4.78, 5) is 15.8. The maximum absolute atomic E-state index is 12.8. The first-order valence-electron chi connectivity index (χ1n) is 7.54. The van der Waals surface area contributed by atoms with E-state index in [4.69, 9.17) is 15.7 Å². The summed E-state index contributed by atoms with van der Waals surface area (Å²) >= 11 is 6.53. The Morgan fingerprint density at radius 2 is 2.30 bits per heavy atom. The molecular formula is C13H10ClN3O4S2. The van der Waals surface area contributed by atoms with Gasteiger partial charge in [-0.3, -0.25) is 9.10 Å². The van der Waals surface area contributed by atoms with E-state index in [2.05, 4.69) is 10.3 Å². The fourth-order valence-electron chi connectivity index (χ4n) is 1.94. The standard InChI is InChI=1S/C13H10ClN3O4S2/c1-17-10(13(19)16-9-4-2-3-5-15-9)11(18)12-7(23(17,20)21)6-8(14)22-12/h2-6,18H,1H3,(H,15,16,19)/i1D3. The minimum absolute atomic E-state index is 0.0157. The minimum atomic E-state index is -4.64. The van der Waals surface area contributed by atoms with Crippen molar-refractivity contribution in [2.45, 2.75) is 4.90 Å². The van der Waals surface area contributed by atoms with E-state index in [0.717, 1.165) is 6.07 Å². The lowest BCUT2D eigenvalue weighted by Crippen LogP contribution is -2.36. The number of hydrogen-bond acceptors (Lipinski definition) is 6. The Morgan fingerprint density at radius 1 is 1.52 bits per heavy atom. The van der Waals surface area contributed by atoms with Gasteiger partial charge in [-0.1, -0.05) is 17.7 Å². The van der Waals surface area contributed by atoms with Crippen LogP contribution in [0.4, 0.5) is 5.82 Å². The van der Waals surface area contributed by atoms with Gasteiger partial charge >= 0.3 is 0 Å². The molecule has 1 amide bonds. The fourth-order valence-corrected chi connectivity index (χ4v) is 4.79. The minimum Gasteiger partial charge on any atom is -0.504 e. The number of hydrogen-bond donors (Lipinski definition) is 2. The van der Waals surface area contributed by atoms with Crippen molar-refractivity contribution in [2.24, 2.45) is 0 Å². The van der Waals surface area contributed by atoms with Crippen LogP contribution in [-0.4, -0.2) is 35.7 Å². The van der Waals surface area contributed by atoms with Crippen LogP contribution >= 0.6 is 22.9 Å². The maximum atomic E-state index is 12.8. The third-order valence-corrected chi connectivity index (χ3v) is 5.89. The van der Waals surface area contributed by atoms with Gasteiger partial charge < -0.3 is 10.4 Å². The summed E-state index contributed by atoms with van der Waals surface area (Å²) in [6.45, 7) is -3.25. The lowest BCUT2D eigenvalue weighted by atomic mass is 10.3. The van der Waals surface area contributed by atoms with Gasteiger partial charge in [0.2, 0.25) is 0 Å². The van der Waals surface area contributed by atoms with E-state index in [1.807, 2.05) is 0 Å². The number of aliphatic hydroxyl groups is 1. The van der Waals surface area contributed by atoms with Crippen LogP contribution in [0.2, 0.25) is 4.34 Å². The molecule has 0 aromatic carbocycles. The summed E-state index contributed by atoms with van der Waals surface area (Å²) in [6.07, 6.45) is 1.38. The van der Waals surface area contributed by atoms with Crippen LogP contribution in [0.1, 0.15) is 8.99 Å². The molecule has 3 rings (SSSR count). The number of nitrogens with zero attached hydrogens (tertiary/aromatic N) is 2. The highest BCUT2D eigenvalue weighted by Crippen LogP contribution is 2.41. The molecule has 10 heteroatoms. The molecule has 3 heterocycles. The molecule has 2 aromatic rings. The number of anilines is 1. The molecular weight excluding hydrogens is 362 g/mol. The van der Waals surface area contributed by atoms with Crippen LogP contribution in [0, 0.1) is 0 Å². The smallest absolute Gasteiger partial charge is 0.278 e. The van der Waals surface area contributed by atoms with Crippen molar-refractivity contribution >= 4 is 50.4 Å². The molecule has 0 fully saturated rings. The van der Waals surface area contributed by atoms with Gasteiger partial charge in [0.25, 0.3) is 15.9 Å². The number of aromatic nitrogens is 1. The van der Waals surface area contributed by atoms with Crippen LogP contribution in [0.5, 0.6) is 0 Å². The zero-order chi connectivity index (χ0) is 19.3. The second-order valence-corrected chi connectivity index (χ2v) is 7.82. The van der Waals surface area contributed by atoms with E-state index in [0.29, 0.717) is 11.3 Å². The number of amides is 1. The van der Waals surface area contributed by atoms with Crippen molar-refractivity contribution in [2.75, 3.05) is 12.3 Å². The lowest BCUT2D eigenvalue weighted by molar-refractivity contribution is -0.113. The molecule has 0 aliphatic carbocycles. The Labute approximate surface area is 145 Å². The topological polar surface area (TPSA) is 99.6 Å². The van der Waals surface area contributed by atoms with Gasteiger partial charge in [-0.25, -0.2) is 13.4 Å². The highest BCUT2D eigenvalue weighted by Gasteiger charge is 2.39. The van der Waals surface area contributed by atoms with Crippen LogP contribution in [0.15, 0.2) is 41.1 Å². The Morgan fingerprint density at radius 3 is 2.96 bits per heavy atom. The zero-order valence-corrected chi connectivity index (χ0v) is 13.5. The summed E-state index contributed by atoms with van der Waals surface area (Å²) in [5.74, 6) is -1.89. The average Bonchev–Trinajstić information content (AvgIpc) is 2.93. The van der Waals surface area contributed by atoms with E-state index in [1.165, 1.54) is 12.3 Å². The molecule has 0 saturated carbocycles. The average molecular weight is 375 g/mol. The quantitative estimate of drug-likeness (QED) is 0.840. The SMILES string of the molecule is [2H]C([2H])([2H])N1C(C(=O)Nc2ccccn2)=C(O)c2sc(Cl)cc2S1(=O)=O. The van der Waals surface area contributed by atoms with Gasteiger partial charge in [0.15, 0.2) is 11.5 Å². The molecule has 0 unspecified atom stereocenters. The number of pyridine rings is 1. The number of aliphatic hydroxyl groups excluding tert-OH is 1. The first-order valence-corrected chi connectivity index (χ1v) is 8.67. The van der Waals surface area contributed by atoms with E-state index in [9.17, 15) is 18.3 Å². The number of carbonyl (C=O) groups is 1. The van der Waals surface area contributed by atoms with Gasteiger partial charge in [0.05, 0.1) is 9.21 Å². The fraction of sp³-hybridized carbons (Fsp3) is 0.0769. The first kappa shape index (κ1) is 12.3. The largest absolute Gasteiger partial charge is 0.504 e. The molecule has 0 atom stereocenters. The number of halogens is 1. The predicted molar refractivity (Wildman–Crippen MR) is 86.7 cm³/mol. The number of fused-ring (bicyclic) bond motifs is 1. The molecule has 0 bridgehead atoms. The zero-order valence-electron chi connectivity index (χ0n) is 14.1. The van der Waals surface area contributed by atoms with E-state index >= 15 is 0 Å². The summed E-state index contributed by atoms with van der Waals surface area (Å²) < 4.78 is 48.0. The van der Waals surface area contributed by atoms with Crippen LogP contribution in [-0.2, 0) is 14.8 Å². The highest BCUT2D eigenvalue weighted by atomic mass is 35.5. The highest BCUT2D eigenvalue weighted by molar-refractivity contribution is 7.89. The molecule has 0 saturated heterocycles. The molecule has 1 aliphatic heterocycles. The number of rotatable bonds is 2. The Hall–Kier alpha value is -2.10. The summed E-state index contributed by atoms with van der Waals surface area (Å²) in [5, 5.41) is 12.7. The van der Waals surface area contributed by atoms with Gasteiger partial charge in [-0.2, -0.15) is 0 Å². The second kappa shape index (κ2) is 5.52. The third kappa shape index (κ3) is 2.56. The number of sulfonamides is 1. The first-order chi connectivity index (χ1) is 12.0. The predicted octanol–water partition coefficient (Wildman–Crippen LogP) is 2.30. The van der Waals surface area contributed by atoms with Crippen molar-refractivity contribution in [1.82, 2.24) is 9.29 Å². The van der Waals surface area contributed by atoms with E-state index in [-0.39, 0.29) is 19.3 Å². The molecule has 0 spiro atoms. The molecule has 0 radical (unpaired) electrons. The van der Waals surface area contributed by atoms with Crippen molar-refractivity contribution in [3.8, 4) is 0 Å². The Kier molecular flexibility index (Phi) is 2.96. The van der Waals surface area contributed by atoms with Crippen LogP contribution in [0.3, 0.4) is 0 Å². The maximum Gasteiger partial charge on any atom is 0.278 e. The van der Waals surface area contributed by atoms with Gasteiger partial charge in [-0.05, 0) is 18.2 Å². The molecule has 2 aromatic heterocycles. The van der Waals surface area contributed by atoms with Gasteiger partial charge in [0.1, 0.15) is 10.7 Å². The number of likely N-dealkylation sites (N-methyl/N-ethyl adjacent to an activating group) is 1. The second-order valence-electron chi connectivity index (χ2n) is 4.38. The summed E-state index contributed by atoms with van der Waals surface area (Å²) in [5.41, 5.74) is -0.929. The van der Waals surface area contributed by atoms with E-state index < -0.39 is 39.3 Å². The van der Waals surface area contributed by atoms with Crippen LogP contribution < -0.4 is 5.32 Å². The Bertz CT molecular complexity index is 1020. The number of carbonyl (C=O) groups excluding carboxylic acids is 1. The van der Waals surface area contributed by atoms with Crippen molar-refractivity contribution in [3.05, 3.63) is 45.4 Å². The normalized spacial score (nSPS) is 18.7. The number of nitrogens with one attached hydrogen (secondary N) is 1. The summed E-state index contributed by atoms with van der Waals surface area (Å²) in [7, 11) is -4.64.